The van der Waals surface area contributed by atoms with Gasteiger partial charge in [-0.2, -0.15) is 0 Å². The molecule has 0 spiro atoms. The molecule has 0 aromatic heterocycles. The number of aryl methyl sites for hydroxylation is 1. The van der Waals surface area contributed by atoms with Crippen molar-refractivity contribution >= 4 is 11.6 Å². The van der Waals surface area contributed by atoms with Crippen LogP contribution in [0.15, 0.2) is 36.4 Å². The molecule has 0 fully saturated rings. The molecular weight excluding hydrogens is 276 g/mol. The van der Waals surface area contributed by atoms with Crippen LogP contribution >= 0.6 is 11.6 Å². The van der Waals surface area contributed by atoms with Crippen molar-refractivity contribution in [2.45, 2.75) is 13.0 Å². The summed E-state index contributed by atoms with van der Waals surface area (Å²) in [6.07, 6.45) is -0.732. The normalized spacial score (nSPS) is 12.1. The van der Waals surface area contributed by atoms with Crippen LogP contribution in [-0.2, 0) is 0 Å². The summed E-state index contributed by atoms with van der Waals surface area (Å²) < 4.78 is 10.3. The van der Waals surface area contributed by atoms with Crippen LogP contribution in [0.1, 0.15) is 22.8 Å². The number of aliphatic hydroxyl groups excluding tert-OH is 1. The van der Waals surface area contributed by atoms with Crippen LogP contribution in [0, 0.1) is 6.92 Å². The van der Waals surface area contributed by atoms with E-state index in [0.29, 0.717) is 10.8 Å². The van der Waals surface area contributed by atoms with Crippen LogP contribution in [0.5, 0.6) is 11.5 Å². The smallest absolute Gasteiger partial charge is 0.137 e. The molecule has 0 bridgehead atoms. The lowest BCUT2D eigenvalue weighted by Crippen LogP contribution is -2.02. The maximum Gasteiger partial charge on any atom is 0.137 e. The molecule has 4 heteroatoms. The van der Waals surface area contributed by atoms with Crippen molar-refractivity contribution in [3.8, 4) is 11.5 Å². The van der Waals surface area contributed by atoms with Crippen LogP contribution < -0.4 is 9.47 Å². The highest BCUT2D eigenvalue weighted by Crippen LogP contribution is 2.32. The molecule has 20 heavy (non-hydrogen) atoms. The standard InChI is InChI=1S/C16H17ClO3/c1-10-8-12(19-2)5-6-13(10)16(18)11-4-7-15(20-3)14(17)9-11/h4-9,16,18H,1-3H3. The van der Waals surface area contributed by atoms with Gasteiger partial charge >= 0.3 is 0 Å². The van der Waals surface area contributed by atoms with Crippen molar-refractivity contribution in [3.63, 3.8) is 0 Å². The summed E-state index contributed by atoms with van der Waals surface area (Å²) in [4.78, 5) is 0. The molecule has 0 amide bonds. The van der Waals surface area contributed by atoms with Gasteiger partial charge in [-0.05, 0) is 47.9 Å². The topological polar surface area (TPSA) is 38.7 Å². The summed E-state index contributed by atoms with van der Waals surface area (Å²) in [6, 6.07) is 10.9. The van der Waals surface area contributed by atoms with Gasteiger partial charge in [0.15, 0.2) is 0 Å². The van der Waals surface area contributed by atoms with Gasteiger partial charge in [0.05, 0.1) is 19.2 Å². The number of hydrogen-bond donors (Lipinski definition) is 1. The van der Waals surface area contributed by atoms with Gasteiger partial charge in [0.25, 0.3) is 0 Å². The molecule has 0 aliphatic rings. The fourth-order valence-corrected chi connectivity index (χ4v) is 2.38. The highest BCUT2D eigenvalue weighted by molar-refractivity contribution is 6.32. The van der Waals surface area contributed by atoms with Gasteiger partial charge in [0, 0.05) is 0 Å². The van der Waals surface area contributed by atoms with Gasteiger partial charge in [-0.25, -0.2) is 0 Å². The summed E-state index contributed by atoms with van der Waals surface area (Å²) in [5.41, 5.74) is 2.51. The van der Waals surface area contributed by atoms with Crippen molar-refractivity contribution < 1.29 is 14.6 Å². The van der Waals surface area contributed by atoms with E-state index < -0.39 is 6.10 Å². The summed E-state index contributed by atoms with van der Waals surface area (Å²) in [7, 11) is 3.18. The minimum absolute atomic E-state index is 0.482. The number of aliphatic hydroxyl groups is 1. The van der Waals surface area contributed by atoms with Crippen molar-refractivity contribution in [2.24, 2.45) is 0 Å². The van der Waals surface area contributed by atoms with E-state index >= 15 is 0 Å². The average molecular weight is 293 g/mol. The van der Waals surface area contributed by atoms with E-state index in [-0.39, 0.29) is 0 Å². The van der Waals surface area contributed by atoms with Crippen LogP contribution in [0.3, 0.4) is 0 Å². The lowest BCUT2D eigenvalue weighted by atomic mass is 9.97. The Morgan fingerprint density at radius 2 is 1.80 bits per heavy atom. The molecule has 1 N–H and O–H groups in total. The molecule has 0 saturated heterocycles. The number of rotatable bonds is 4. The molecule has 3 nitrogen and oxygen atoms in total. The molecule has 0 heterocycles. The monoisotopic (exact) mass is 292 g/mol. The minimum Gasteiger partial charge on any atom is -0.497 e. The van der Waals surface area contributed by atoms with Crippen LogP contribution in [-0.4, -0.2) is 19.3 Å². The van der Waals surface area contributed by atoms with E-state index in [1.807, 2.05) is 25.1 Å². The molecule has 1 atom stereocenters. The van der Waals surface area contributed by atoms with Crippen molar-refractivity contribution in [1.29, 1.82) is 0 Å². The molecule has 2 aromatic carbocycles. The second-order valence-electron chi connectivity index (χ2n) is 4.52. The lowest BCUT2D eigenvalue weighted by molar-refractivity contribution is 0.219. The van der Waals surface area contributed by atoms with Crippen LogP contribution in [0.2, 0.25) is 5.02 Å². The number of benzene rings is 2. The third-order valence-electron chi connectivity index (χ3n) is 3.26. The van der Waals surface area contributed by atoms with E-state index in [1.165, 1.54) is 0 Å². The van der Waals surface area contributed by atoms with Crippen molar-refractivity contribution in [2.75, 3.05) is 14.2 Å². The Kier molecular flexibility index (Phi) is 4.53. The van der Waals surface area contributed by atoms with Crippen molar-refractivity contribution in [1.82, 2.24) is 0 Å². The van der Waals surface area contributed by atoms with Gasteiger partial charge in [-0.1, -0.05) is 23.7 Å². The quantitative estimate of drug-likeness (QED) is 0.933. The first-order valence-corrected chi connectivity index (χ1v) is 6.60. The fraction of sp³-hybridized carbons (Fsp3) is 0.250. The number of methoxy groups -OCH3 is 2. The first-order chi connectivity index (χ1) is 9.56. The van der Waals surface area contributed by atoms with Crippen molar-refractivity contribution in [3.05, 3.63) is 58.1 Å². The van der Waals surface area contributed by atoms with E-state index in [4.69, 9.17) is 21.1 Å². The summed E-state index contributed by atoms with van der Waals surface area (Å²) in [5, 5.41) is 11.0. The first-order valence-electron chi connectivity index (χ1n) is 6.23. The third kappa shape index (κ3) is 2.89. The number of hydrogen-bond acceptors (Lipinski definition) is 3. The van der Waals surface area contributed by atoms with Gasteiger partial charge < -0.3 is 14.6 Å². The number of halogens is 1. The zero-order valence-corrected chi connectivity index (χ0v) is 12.4. The summed E-state index contributed by atoms with van der Waals surface area (Å²) in [6.45, 7) is 1.94. The molecule has 0 radical (unpaired) electrons. The average Bonchev–Trinajstić information content (AvgIpc) is 2.46. The molecular formula is C16H17ClO3. The predicted octanol–water partition coefficient (Wildman–Crippen LogP) is 3.75. The Bertz CT molecular complexity index is 611. The minimum atomic E-state index is -0.732. The van der Waals surface area contributed by atoms with Gasteiger partial charge in [-0.15, -0.1) is 0 Å². The third-order valence-corrected chi connectivity index (χ3v) is 3.56. The Morgan fingerprint density at radius 1 is 1.05 bits per heavy atom. The molecule has 1 unspecified atom stereocenters. The second-order valence-corrected chi connectivity index (χ2v) is 4.93. The molecule has 2 aromatic rings. The summed E-state index contributed by atoms with van der Waals surface area (Å²) >= 11 is 6.09. The SMILES string of the molecule is COc1ccc(C(O)c2ccc(OC)c(Cl)c2)c(C)c1. The Morgan fingerprint density at radius 3 is 2.35 bits per heavy atom. The molecule has 106 valence electrons. The largest absolute Gasteiger partial charge is 0.497 e. The summed E-state index contributed by atoms with van der Waals surface area (Å²) in [5.74, 6) is 1.36. The number of ether oxygens (including phenoxy) is 2. The van der Waals surface area contributed by atoms with Crippen LogP contribution in [0.4, 0.5) is 0 Å². The Hall–Kier alpha value is -1.71. The van der Waals surface area contributed by atoms with E-state index in [2.05, 4.69) is 0 Å². The Balaban J connectivity index is 2.35. The molecule has 0 aliphatic heterocycles. The fourth-order valence-electron chi connectivity index (χ4n) is 2.11. The van der Waals surface area contributed by atoms with E-state index in [9.17, 15) is 5.11 Å². The van der Waals surface area contributed by atoms with Gasteiger partial charge in [0.2, 0.25) is 0 Å². The maximum atomic E-state index is 10.5. The maximum absolute atomic E-state index is 10.5. The van der Waals surface area contributed by atoms with E-state index in [1.54, 1.807) is 32.4 Å². The lowest BCUT2D eigenvalue weighted by Gasteiger charge is -2.16. The molecule has 2 rings (SSSR count). The Labute approximate surface area is 123 Å². The highest BCUT2D eigenvalue weighted by atomic mass is 35.5. The molecule has 0 aliphatic carbocycles. The van der Waals surface area contributed by atoms with Crippen LogP contribution in [0.25, 0.3) is 0 Å². The zero-order chi connectivity index (χ0) is 14.7. The second kappa shape index (κ2) is 6.16. The van der Waals surface area contributed by atoms with E-state index in [0.717, 1.165) is 22.4 Å². The highest BCUT2D eigenvalue weighted by Gasteiger charge is 2.15. The first kappa shape index (κ1) is 14.7. The predicted molar refractivity (Wildman–Crippen MR) is 79.8 cm³/mol. The zero-order valence-electron chi connectivity index (χ0n) is 11.7. The molecule has 0 saturated carbocycles. The van der Waals surface area contributed by atoms with Gasteiger partial charge in [0.1, 0.15) is 17.6 Å². The van der Waals surface area contributed by atoms with Gasteiger partial charge in [-0.3, -0.25) is 0 Å².